The van der Waals surface area contributed by atoms with Crippen molar-refractivity contribution in [2.24, 2.45) is 0 Å². The summed E-state index contributed by atoms with van der Waals surface area (Å²) in [5.74, 6) is -0.0688. The first-order valence-electron chi connectivity index (χ1n) is 4.90. The molecule has 0 aliphatic rings. The van der Waals surface area contributed by atoms with Gasteiger partial charge in [0.2, 0.25) is 0 Å². The van der Waals surface area contributed by atoms with Crippen LogP contribution >= 0.6 is 0 Å². The Kier molecular flexibility index (Phi) is 5.88. The molecule has 0 amide bonds. The second-order valence-corrected chi connectivity index (χ2v) is 7.90. The molecule has 7 heteroatoms. The fourth-order valence-corrected chi connectivity index (χ4v) is 2.60. The SMILES string of the molecule is CCS(=O)(=O)C=CCC(C=N)S(=O)(=O)CC. The average molecular weight is 267 g/mol. The maximum atomic E-state index is 11.4. The number of allylic oxidation sites excluding steroid dienone is 1. The summed E-state index contributed by atoms with van der Waals surface area (Å²) in [6.45, 7) is 3.01. The van der Waals surface area contributed by atoms with E-state index in [0.29, 0.717) is 0 Å². The molecule has 1 unspecified atom stereocenters. The monoisotopic (exact) mass is 267 g/mol. The summed E-state index contributed by atoms with van der Waals surface area (Å²) in [6, 6.07) is 0. The van der Waals surface area contributed by atoms with Crippen molar-refractivity contribution in [3.05, 3.63) is 11.5 Å². The zero-order valence-corrected chi connectivity index (χ0v) is 11.0. The predicted octanol–water partition coefficient (Wildman–Crippen LogP) is 0.778. The van der Waals surface area contributed by atoms with Gasteiger partial charge in [0.25, 0.3) is 0 Å². The van der Waals surface area contributed by atoms with Gasteiger partial charge in [-0.1, -0.05) is 19.9 Å². The molecular formula is C9H17NO4S2. The van der Waals surface area contributed by atoms with Gasteiger partial charge in [-0.2, -0.15) is 0 Å². The number of nitrogens with one attached hydrogen (secondary N) is 1. The van der Waals surface area contributed by atoms with Crippen molar-refractivity contribution in [1.82, 2.24) is 0 Å². The molecule has 0 spiro atoms. The van der Waals surface area contributed by atoms with Crippen LogP contribution in [0.25, 0.3) is 0 Å². The molecule has 16 heavy (non-hydrogen) atoms. The lowest BCUT2D eigenvalue weighted by Crippen LogP contribution is -2.23. The minimum absolute atomic E-state index is 0.0146. The Morgan fingerprint density at radius 1 is 1.12 bits per heavy atom. The minimum atomic E-state index is -3.32. The summed E-state index contributed by atoms with van der Waals surface area (Å²) in [5.41, 5.74) is 0. The summed E-state index contributed by atoms with van der Waals surface area (Å²) < 4.78 is 45.0. The molecule has 0 aromatic rings. The van der Waals surface area contributed by atoms with Gasteiger partial charge in [-0.05, 0) is 6.42 Å². The van der Waals surface area contributed by atoms with Crippen molar-refractivity contribution in [1.29, 1.82) is 5.41 Å². The average Bonchev–Trinajstić information content (AvgIpc) is 2.24. The maximum Gasteiger partial charge on any atom is 0.171 e. The Hall–Kier alpha value is -0.690. The van der Waals surface area contributed by atoms with Crippen LogP contribution in [0.4, 0.5) is 0 Å². The molecule has 5 nitrogen and oxygen atoms in total. The summed E-state index contributed by atoms with van der Waals surface area (Å²) in [5, 5.41) is 7.09. The van der Waals surface area contributed by atoms with E-state index in [1.807, 2.05) is 0 Å². The highest BCUT2D eigenvalue weighted by Gasteiger charge is 2.19. The largest absolute Gasteiger partial charge is 0.312 e. The number of hydrogen-bond acceptors (Lipinski definition) is 5. The first kappa shape index (κ1) is 15.3. The highest BCUT2D eigenvalue weighted by molar-refractivity contribution is 7.94. The van der Waals surface area contributed by atoms with E-state index >= 15 is 0 Å². The molecule has 0 bridgehead atoms. The van der Waals surface area contributed by atoms with Crippen LogP contribution in [-0.2, 0) is 19.7 Å². The van der Waals surface area contributed by atoms with Crippen LogP contribution in [0, 0.1) is 5.41 Å². The van der Waals surface area contributed by atoms with Crippen molar-refractivity contribution in [3.63, 3.8) is 0 Å². The molecule has 0 aliphatic carbocycles. The zero-order valence-electron chi connectivity index (χ0n) is 9.38. The van der Waals surface area contributed by atoms with E-state index in [9.17, 15) is 16.8 Å². The lowest BCUT2D eigenvalue weighted by atomic mass is 10.3. The molecule has 0 aromatic carbocycles. The van der Waals surface area contributed by atoms with Crippen LogP contribution < -0.4 is 0 Å². The van der Waals surface area contributed by atoms with E-state index < -0.39 is 24.9 Å². The first-order valence-corrected chi connectivity index (χ1v) is 8.33. The van der Waals surface area contributed by atoms with E-state index in [1.54, 1.807) is 0 Å². The van der Waals surface area contributed by atoms with Crippen LogP contribution in [0.15, 0.2) is 11.5 Å². The van der Waals surface area contributed by atoms with Gasteiger partial charge in [-0.25, -0.2) is 16.8 Å². The Morgan fingerprint density at radius 3 is 2.06 bits per heavy atom. The van der Waals surface area contributed by atoms with E-state index in [0.717, 1.165) is 11.6 Å². The molecular weight excluding hydrogens is 250 g/mol. The highest BCUT2D eigenvalue weighted by atomic mass is 32.2. The van der Waals surface area contributed by atoms with Gasteiger partial charge in [-0.3, -0.25) is 0 Å². The number of rotatable bonds is 7. The molecule has 1 atom stereocenters. The topological polar surface area (TPSA) is 92.1 Å². The van der Waals surface area contributed by atoms with Crippen molar-refractivity contribution in [2.75, 3.05) is 11.5 Å². The van der Waals surface area contributed by atoms with Crippen molar-refractivity contribution < 1.29 is 16.8 Å². The first-order chi connectivity index (χ1) is 7.29. The third-order valence-corrected chi connectivity index (χ3v) is 5.59. The van der Waals surface area contributed by atoms with Crippen LogP contribution in [0.2, 0.25) is 0 Å². The van der Waals surface area contributed by atoms with Gasteiger partial charge >= 0.3 is 0 Å². The molecule has 0 saturated heterocycles. The summed E-state index contributed by atoms with van der Waals surface area (Å²) in [7, 11) is -6.55. The van der Waals surface area contributed by atoms with Crippen LogP contribution in [0.5, 0.6) is 0 Å². The van der Waals surface area contributed by atoms with Gasteiger partial charge in [0.05, 0.1) is 11.0 Å². The fourth-order valence-electron chi connectivity index (χ4n) is 0.965. The molecule has 0 rings (SSSR count). The predicted molar refractivity (Wildman–Crippen MR) is 65.3 cm³/mol. The fraction of sp³-hybridized carbons (Fsp3) is 0.667. The van der Waals surface area contributed by atoms with E-state index in [2.05, 4.69) is 0 Å². The van der Waals surface area contributed by atoms with Crippen molar-refractivity contribution in [3.8, 4) is 0 Å². The standard InChI is InChI=1S/C9H17NO4S2/c1-3-15(11,12)7-5-6-9(8-10)16(13,14)4-2/h5,7-10H,3-4,6H2,1-2H3. The molecule has 0 radical (unpaired) electrons. The quantitative estimate of drug-likeness (QED) is 0.690. The van der Waals surface area contributed by atoms with E-state index in [-0.39, 0.29) is 17.9 Å². The summed E-state index contributed by atoms with van der Waals surface area (Å²) in [4.78, 5) is 0. The molecule has 0 heterocycles. The lowest BCUT2D eigenvalue weighted by molar-refractivity contribution is 0.591. The normalized spacial score (nSPS) is 15.1. The Morgan fingerprint density at radius 2 is 1.69 bits per heavy atom. The van der Waals surface area contributed by atoms with Crippen molar-refractivity contribution in [2.45, 2.75) is 25.5 Å². The highest BCUT2D eigenvalue weighted by Crippen LogP contribution is 2.06. The van der Waals surface area contributed by atoms with Crippen LogP contribution in [0.1, 0.15) is 20.3 Å². The van der Waals surface area contributed by atoms with Gasteiger partial charge in [0.15, 0.2) is 19.7 Å². The second-order valence-electron chi connectivity index (χ2n) is 3.22. The number of sulfone groups is 2. The summed E-state index contributed by atoms with van der Waals surface area (Å²) in [6.07, 6.45) is 2.16. The molecule has 0 saturated carbocycles. The smallest absolute Gasteiger partial charge is 0.171 e. The molecule has 94 valence electrons. The van der Waals surface area contributed by atoms with Crippen LogP contribution in [-0.4, -0.2) is 39.8 Å². The van der Waals surface area contributed by atoms with Gasteiger partial charge < -0.3 is 5.41 Å². The third kappa shape index (κ3) is 4.89. The lowest BCUT2D eigenvalue weighted by Gasteiger charge is -2.08. The third-order valence-electron chi connectivity index (χ3n) is 2.12. The molecule has 0 fully saturated rings. The minimum Gasteiger partial charge on any atom is -0.312 e. The van der Waals surface area contributed by atoms with Crippen LogP contribution in [0.3, 0.4) is 0 Å². The van der Waals surface area contributed by atoms with E-state index in [4.69, 9.17) is 5.41 Å². The zero-order chi connectivity index (χ0) is 12.8. The Bertz CT molecular complexity index is 448. The van der Waals surface area contributed by atoms with Crippen molar-refractivity contribution >= 4 is 25.9 Å². The Labute approximate surface area is 96.9 Å². The van der Waals surface area contributed by atoms with E-state index in [1.165, 1.54) is 19.9 Å². The van der Waals surface area contributed by atoms with Gasteiger partial charge in [0, 0.05) is 17.4 Å². The molecule has 1 N–H and O–H groups in total. The summed E-state index contributed by atoms with van der Waals surface area (Å²) >= 11 is 0. The molecule has 0 aromatic heterocycles. The Balaban J connectivity index is 4.68. The van der Waals surface area contributed by atoms with Gasteiger partial charge in [0.1, 0.15) is 0 Å². The maximum absolute atomic E-state index is 11.4. The van der Waals surface area contributed by atoms with Gasteiger partial charge in [-0.15, -0.1) is 0 Å². The second kappa shape index (κ2) is 6.15. The number of hydrogen-bond donors (Lipinski definition) is 1. The molecule has 0 aliphatic heterocycles.